The van der Waals surface area contributed by atoms with Crippen LogP contribution in [-0.4, -0.2) is 23.4 Å². The number of hydrogen-bond acceptors (Lipinski definition) is 2. The molecule has 1 aromatic rings. The fourth-order valence-corrected chi connectivity index (χ4v) is 2.81. The lowest BCUT2D eigenvalue weighted by molar-refractivity contribution is -0.128. The summed E-state index contributed by atoms with van der Waals surface area (Å²) in [6, 6.07) is 6.11. The Bertz CT molecular complexity index is 447. The monoisotopic (exact) mass is 296 g/mol. The van der Waals surface area contributed by atoms with Crippen molar-refractivity contribution in [1.82, 2.24) is 4.90 Å². The zero-order valence-corrected chi connectivity index (χ0v) is 11.7. The molecule has 0 bridgehead atoms. The Hall–Kier alpha value is -0.870. The first-order chi connectivity index (χ1) is 8.04. The van der Waals surface area contributed by atoms with Gasteiger partial charge in [0.25, 0.3) is 0 Å². The zero-order valence-electron chi connectivity index (χ0n) is 10.1. The second-order valence-corrected chi connectivity index (χ2v) is 5.36. The highest BCUT2D eigenvalue weighted by Gasteiger charge is 2.37. The van der Waals surface area contributed by atoms with E-state index in [1.807, 2.05) is 18.7 Å². The number of halogens is 1. The van der Waals surface area contributed by atoms with Gasteiger partial charge in [-0.25, -0.2) is 0 Å². The highest BCUT2D eigenvalue weighted by Crippen LogP contribution is 2.33. The molecule has 3 nitrogen and oxygen atoms in total. The van der Waals surface area contributed by atoms with Crippen LogP contribution in [0, 0.1) is 6.92 Å². The van der Waals surface area contributed by atoms with E-state index in [1.165, 1.54) is 5.56 Å². The number of carbonyl (C=O) groups excluding carboxylic acids is 1. The van der Waals surface area contributed by atoms with Gasteiger partial charge in [0, 0.05) is 23.5 Å². The van der Waals surface area contributed by atoms with Crippen molar-refractivity contribution < 1.29 is 4.79 Å². The van der Waals surface area contributed by atoms with E-state index in [2.05, 4.69) is 34.1 Å². The maximum atomic E-state index is 11.8. The summed E-state index contributed by atoms with van der Waals surface area (Å²) in [6.07, 6.45) is 0.448. The molecule has 2 N–H and O–H groups in total. The molecule has 1 amide bonds. The number of amides is 1. The largest absolute Gasteiger partial charge is 0.334 e. The number of carbonyl (C=O) groups is 1. The van der Waals surface area contributed by atoms with Crippen molar-refractivity contribution >= 4 is 21.8 Å². The summed E-state index contributed by atoms with van der Waals surface area (Å²) < 4.78 is 1.07. The van der Waals surface area contributed by atoms with Gasteiger partial charge < -0.3 is 10.6 Å². The summed E-state index contributed by atoms with van der Waals surface area (Å²) in [5.74, 6) is 0.154. The predicted octanol–water partition coefficient (Wildman–Crippen LogP) is 2.38. The Balaban J connectivity index is 2.37. The molecule has 4 heteroatoms. The molecule has 0 spiro atoms. The summed E-state index contributed by atoms with van der Waals surface area (Å²) in [7, 11) is 0. The van der Waals surface area contributed by atoms with Crippen LogP contribution >= 0.6 is 15.9 Å². The number of aryl methyl sites for hydroxylation is 1. The minimum absolute atomic E-state index is 0.0180. The van der Waals surface area contributed by atoms with Crippen molar-refractivity contribution in [1.29, 1.82) is 0 Å². The molecule has 1 saturated heterocycles. The maximum Gasteiger partial charge on any atom is 0.224 e. The number of likely N-dealkylation sites (tertiary alicyclic amines) is 1. The minimum atomic E-state index is -0.0999. The second kappa shape index (κ2) is 4.78. The first kappa shape index (κ1) is 12.6. The van der Waals surface area contributed by atoms with E-state index < -0.39 is 0 Å². The molecule has 2 rings (SSSR count). The molecule has 0 aromatic heterocycles. The molecule has 0 saturated carbocycles. The van der Waals surface area contributed by atoms with E-state index >= 15 is 0 Å². The maximum absolute atomic E-state index is 11.8. The molecule has 2 unspecified atom stereocenters. The minimum Gasteiger partial charge on any atom is -0.334 e. The molecule has 1 fully saturated rings. The molecule has 92 valence electrons. The van der Waals surface area contributed by atoms with E-state index in [4.69, 9.17) is 5.73 Å². The summed E-state index contributed by atoms with van der Waals surface area (Å²) in [4.78, 5) is 13.6. The molecule has 1 aromatic carbocycles. The van der Waals surface area contributed by atoms with Crippen molar-refractivity contribution in [2.24, 2.45) is 5.73 Å². The van der Waals surface area contributed by atoms with Crippen LogP contribution in [0.4, 0.5) is 0 Å². The first-order valence-electron chi connectivity index (χ1n) is 5.85. The lowest BCUT2D eigenvalue weighted by Crippen LogP contribution is -2.32. The zero-order chi connectivity index (χ0) is 12.6. The third-order valence-corrected chi connectivity index (χ3v) is 4.20. The van der Waals surface area contributed by atoms with Gasteiger partial charge in [-0.3, -0.25) is 4.79 Å². The van der Waals surface area contributed by atoms with Crippen LogP contribution in [0.3, 0.4) is 0 Å². The molecule has 1 aliphatic rings. The standard InChI is InChI=1S/C13H17BrN2O/c1-3-16-12(17)7-11(15)13(16)9-5-4-8(2)10(14)6-9/h4-6,11,13H,3,7,15H2,1-2H3. The van der Waals surface area contributed by atoms with E-state index in [9.17, 15) is 4.79 Å². The molecule has 2 atom stereocenters. The molecular formula is C13H17BrN2O. The Morgan fingerprint density at radius 2 is 2.24 bits per heavy atom. The fraction of sp³-hybridized carbons (Fsp3) is 0.462. The Morgan fingerprint density at radius 1 is 1.53 bits per heavy atom. The smallest absolute Gasteiger partial charge is 0.224 e. The topological polar surface area (TPSA) is 46.3 Å². The van der Waals surface area contributed by atoms with Crippen LogP contribution in [0.25, 0.3) is 0 Å². The third-order valence-electron chi connectivity index (χ3n) is 3.35. The van der Waals surface area contributed by atoms with Crippen molar-refractivity contribution in [2.45, 2.75) is 32.4 Å². The van der Waals surface area contributed by atoms with Gasteiger partial charge in [-0.05, 0) is 31.0 Å². The van der Waals surface area contributed by atoms with E-state index in [1.54, 1.807) is 0 Å². The quantitative estimate of drug-likeness (QED) is 0.911. The Morgan fingerprint density at radius 3 is 2.82 bits per heavy atom. The molecule has 17 heavy (non-hydrogen) atoms. The highest BCUT2D eigenvalue weighted by atomic mass is 79.9. The SMILES string of the molecule is CCN1C(=O)CC(N)C1c1ccc(C)c(Br)c1. The number of likely N-dealkylation sites (N-methyl/N-ethyl adjacent to an activating group) is 1. The van der Waals surface area contributed by atoms with E-state index in [0.717, 1.165) is 10.0 Å². The van der Waals surface area contributed by atoms with Crippen LogP contribution in [-0.2, 0) is 4.79 Å². The average molecular weight is 297 g/mol. The third kappa shape index (κ3) is 2.24. The van der Waals surface area contributed by atoms with Crippen molar-refractivity contribution in [3.05, 3.63) is 33.8 Å². The fourth-order valence-electron chi connectivity index (χ4n) is 2.41. The normalized spacial score (nSPS) is 24.5. The molecule has 0 aliphatic carbocycles. The van der Waals surface area contributed by atoms with Crippen molar-refractivity contribution in [2.75, 3.05) is 6.54 Å². The second-order valence-electron chi connectivity index (χ2n) is 4.50. The number of benzene rings is 1. The van der Waals surface area contributed by atoms with Crippen LogP contribution in [0.1, 0.15) is 30.5 Å². The number of hydrogen-bond donors (Lipinski definition) is 1. The lowest BCUT2D eigenvalue weighted by atomic mass is 10.00. The van der Waals surface area contributed by atoms with Gasteiger partial charge in [0.05, 0.1) is 6.04 Å². The molecule has 0 radical (unpaired) electrons. The van der Waals surface area contributed by atoms with Crippen LogP contribution in [0.5, 0.6) is 0 Å². The summed E-state index contributed by atoms with van der Waals surface area (Å²) in [6.45, 7) is 4.75. The van der Waals surface area contributed by atoms with Gasteiger partial charge in [-0.15, -0.1) is 0 Å². The molecule has 1 heterocycles. The summed E-state index contributed by atoms with van der Waals surface area (Å²) in [5, 5.41) is 0. The van der Waals surface area contributed by atoms with Gasteiger partial charge in [-0.1, -0.05) is 28.1 Å². The van der Waals surface area contributed by atoms with Crippen molar-refractivity contribution in [3.63, 3.8) is 0 Å². The van der Waals surface area contributed by atoms with Crippen LogP contribution in [0.15, 0.2) is 22.7 Å². The van der Waals surface area contributed by atoms with Gasteiger partial charge in [0.1, 0.15) is 0 Å². The van der Waals surface area contributed by atoms with Crippen molar-refractivity contribution in [3.8, 4) is 0 Å². The average Bonchev–Trinajstić information content (AvgIpc) is 2.57. The lowest BCUT2D eigenvalue weighted by Gasteiger charge is -2.26. The first-order valence-corrected chi connectivity index (χ1v) is 6.65. The number of nitrogens with zero attached hydrogens (tertiary/aromatic N) is 1. The highest BCUT2D eigenvalue weighted by molar-refractivity contribution is 9.10. The molecule has 1 aliphatic heterocycles. The van der Waals surface area contributed by atoms with Gasteiger partial charge in [0.2, 0.25) is 5.91 Å². The van der Waals surface area contributed by atoms with Gasteiger partial charge >= 0.3 is 0 Å². The van der Waals surface area contributed by atoms with Gasteiger partial charge in [0.15, 0.2) is 0 Å². The van der Waals surface area contributed by atoms with Crippen LogP contribution in [0.2, 0.25) is 0 Å². The molecular weight excluding hydrogens is 280 g/mol. The predicted molar refractivity (Wildman–Crippen MR) is 71.6 cm³/mol. The Labute approximate surface area is 110 Å². The summed E-state index contributed by atoms with van der Waals surface area (Å²) in [5.41, 5.74) is 8.38. The summed E-state index contributed by atoms with van der Waals surface area (Å²) >= 11 is 3.53. The van der Waals surface area contributed by atoms with Crippen LogP contribution < -0.4 is 5.73 Å². The van der Waals surface area contributed by atoms with E-state index in [0.29, 0.717) is 13.0 Å². The Kier molecular flexibility index (Phi) is 3.54. The number of nitrogens with two attached hydrogens (primary N) is 1. The number of rotatable bonds is 2. The van der Waals surface area contributed by atoms with Gasteiger partial charge in [-0.2, -0.15) is 0 Å². The van der Waals surface area contributed by atoms with E-state index in [-0.39, 0.29) is 18.0 Å².